The number of hydrogen-bond donors (Lipinski definition) is 0. The average Bonchev–Trinajstić information content (AvgIpc) is 3.12. The van der Waals surface area contributed by atoms with Crippen molar-refractivity contribution in [3.8, 4) is 11.5 Å². The third-order valence-electron chi connectivity index (χ3n) is 5.79. The Hall–Kier alpha value is -4.32. The van der Waals surface area contributed by atoms with E-state index in [4.69, 9.17) is 14.2 Å². The molecule has 1 amide bonds. The number of aryl methyl sites for hydroxylation is 1. The second-order valence-corrected chi connectivity index (χ2v) is 8.17. The highest BCUT2D eigenvalue weighted by atomic mass is 16.5. The maximum Gasteiger partial charge on any atom is 0.340 e. The van der Waals surface area contributed by atoms with Crippen LogP contribution in [0.3, 0.4) is 0 Å². The van der Waals surface area contributed by atoms with Gasteiger partial charge in [0.25, 0.3) is 5.91 Å². The fourth-order valence-electron chi connectivity index (χ4n) is 4.05. The number of carbonyl (C=O) groups is 2. The molecule has 0 radical (unpaired) electrons. The van der Waals surface area contributed by atoms with Crippen molar-refractivity contribution in [2.75, 3.05) is 19.1 Å². The molecule has 35 heavy (non-hydrogen) atoms. The minimum Gasteiger partial charge on any atom is -0.493 e. The van der Waals surface area contributed by atoms with E-state index in [1.54, 1.807) is 37.1 Å². The lowest BCUT2D eigenvalue weighted by atomic mass is 10.0. The van der Waals surface area contributed by atoms with Gasteiger partial charge in [-0.3, -0.25) is 9.69 Å². The average molecular weight is 470 g/mol. The van der Waals surface area contributed by atoms with Gasteiger partial charge in [0, 0.05) is 11.4 Å². The Balaban J connectivity index is 1.68. The van der Waals surface area contributed by atoms with Crippen LogP contribution in [-0.2, 0) is 20.9 Å². The fourth-order valence-corrected chi connectivity index (χ4v) is 4.05. The highest BCUT2D eigenvalue weighted by Gasteiger charge is 2.38. The van der Waals surface area contributed by atoms with Gasteiger partial charge in [0.1, 0.15) is 6.61 Å². The van der Waals surface area contributed by atoms with Crippen LogP contribution in [0.4, 0.5) is 5.69 Å². The highest BCUT2D eigenvalue weighted by molar-refractivity contribution is 6.23. The van der Waals surface area contributed by atoms with Crippen molar-refractivity contribution in [3.05, 3.63) is 106 Å². The summed E-state index contributed by atoms with van der Waals surface area (Å²) in [6, 6.07) is 22.8. The molecule has 0 unspecified atom stereocenters. The van der Waals surface area contributed by atoms with Crippen molar-refractivity contribution in [2.45, 2.75) is 20.5 Å². The lowest BCUT2D eigenvalue weighted by molar-refractivity contribution is -0.136. The van der Waals surface area contributed by atoms with Gasteiger partial charge in [-0.1, -0.05) is 48.5 Å². The molecule has 0 aliphatic carbocycles. The SMILES string of the molecule is COC(=O)C1=C(C)N(c2cccc(C)c2)C(=O)/C1=C\c1ccc(OCc2ccccc2)c(OC)c1. The van der Waals surface area contributed by atoms with Gasteiger partial charge in [-0.15, -0.1) is 0 Å². The summed E-state index contributed by atoms with van der Waals surface area (Å²) in [6.45, 7) is 4.10. The molecule has 178 valence electrons. The molecule has 0 bridgehead atoms. The van der Waals surface area contributed by atoms with E-state index in [-0.39, 0.29) is 17.1 Å². The van der Waals surface area contributed by atoms with E-state index in [1.165, 1.54) is 7.11 Å². The van der Waals surface area contributed by atoms with Crippen molar-refractivity contribution in [1.29, 1.82) is 0 Å². The number of ether oxygens (including phenoxy) is 3. The number of nitrogens with zero attached hydrogens (tertiary/aromatic N) is 1. The number of anilines is 1. The maximum absolute atomic E-state index is 13.5. The first kappa shape index (κ1) is 23.8. The monoisotopic (exact) mass is 469 g/mol. The predicted molar refractivity (Wildman–Crippen MR) is 135 cm³/mol. The van der Waals surface area contributed by atoms with Crippen LogP contribution in [0, 0.1) is 6.92 Å². The van der Waals surface area contributed by atoms with Gasteiger partial charge in [-0.05, 0) is 60.9 Å². The number of esters is 1. The number of hydrogen-bond acceptors (Lipinski definition) is 5. The number of allylic oxidation sites excluding steroid dienone is 1. The van der Waals surface area contributed by atoms with Gasteiger partial charge < -0.3 is 14.2 Å². The summed E-state index contributed by atoms with van der Waals surface area (Å²) in [7, 11) is 2.87. The summed E-state index contributed by atoms with van der Waals surface area (Å²) < 4.78 is 16.5. The Morgan fingerprint density at radius 2 is 1.69 bits per heavy atom. The zero-order valence-electron chi connectivity index (χ0n) is 20.2. The van der Waals surface area contributed by atoms with Crippen molar-refractivity contribution >= 4 is 23.6 Å². The lowest BCUT2D eigenvalue weighted by Crippen LogP contribution is -2.24. The van der Waals surface area contributed by atoms with Crippen LogP contribution in [0.2, 0.25) is 0 Å². The molecule has 6 heteroatoms. The van der Waals surface area contributed by atoms with Crippen molar-refractivity contribution in [2.24, 2.45) is 0 Å². The Bertz CT molecular complexity index is 1320. The third kappa shape index (κ3) is 4.96. The van der Waals surface area contributed by atoms with E-state index < -0.39 is 5.97 Å². The van der Waals surface area contributed by atoms with E-state index >= 15 is 0 Å². The van der Waals surface area contributed by atoms with E-state index in [0.717, 1.165) is 11.1 Å². The van der Waals surface area contributed by atoms with Gasteiger partial charge in [-0.25, -0.2) is 4.79 Å². The molecule has 1 aliphatic rings. The Morgan fingerprint density at radius 1 is 0.914 bits per heavy atom. The molecular weight excluding hydrogens is 442 g/mol. The van der Waals surface area contributed by atoms with Gasteiger partial charge in [0.05, 0.1) is 25.4 Å². The van der Waals surface area contributed by atoms with Crippen molar-refractivity contribution in [1.82, 2.24) is 0 Å². The number of rotatable bonds is 7. The number of amides is 1. The molecular formula is C29H27NO5. The molecule has 1 heterocycles. The minimum absolute atomic E-state index is 0.238. The lowest BCUT2D eigenvalue weighted by Gasteiger charge is -2.18. The molecule has 4 rings (SSSR count). The van der Waals surface area contributed by atoms with E-state index in [2.05, 4.69) is 0 Å². The molecule has 0 spiro atoms. The molecule has 0 atom stereocenters. The summed E-state index contributed by atoms with van der Waals surface area (Å²) in [5.41, 5.74) is 4.46. The minimum atomic E-state index is -0.563. The Labute approximate surface area is 205 Å². The third-order valence-corrected chi connectivity index (χ3v) is 5.79. The van der Waals surface area contributed by atoms with Crippen LogP contribution >= 0.6 is 0 Å². The molecule has 0 fully saturated rings. The second kappa shape index (κ2) is 10.3. The highest BCUT2D eigenvalue weighted by Crippen LogP contribution is 2.37. The normalized spacial score (nSPS) is 14.5. The number of methoxy groups -OCH3 is 2. The van der Waals surface area contributed by atoms with Crippen LogP contribution < -0.4 is 14.4 Å². The standard InChI is InChI=1S/C29H27NO5/c1-19-9-8-12-23(15-19)30-20(2)27(29(32)34-4)24(28(30)31)16-22-13-14-25(26(17-22)33-3)35-18-21-10-6-5-7-11-21/h5-17H,18H2,1-4H3/b24-16-. The van der Waals surface area contributed by atoms with Crippen LogP contribution in [-0.4, -0.2) is 26.1 Å². The summed E-state index contributed by atoms with van der Waals surface area (Å²) in [4.78, 5) is 27.7. The predicted octanol–water partition coefficient (Wildman–Crippen LogP) is 5.46. The molecule has 0 N–H and O–H groups in total. The first-order valence-corrected chi connectivity index (χ1v) is 11.2. The maximum atomic E-state index is 13.5. The zero-order chi connectivity index (χ0) is 24.9. The van der Waals surface area contributed by atoms with Gasteiger partial charge in [0.15, 0.2) is 11.5 Å². The van der Waals surface area contributed by atoms with Gasteiger partial charge >= 0.3 is 5.97 Å². The van der Waals surface area contributed by atoms with Crippen LogP contribution in [0.15, 0.2) is 89.6 Å². The topological polar surface area (TPSA) is 65.1 Å². The van der Waals surface area contributed by atoms with E-state index in [9.17, 15) is 9.59 Å². The molecule has 3 aromatic rings. The van der Waals surface area contributed by atoms with Gasteiger partial charge in [0.2, 0.25) is 0 Å². The summed E-state index contributed by atoms with van der Waals surface area (Å²) in [6.07, 6.45) is 1.68. The molecule has 0 saturated carbocycles. The summed E-state index contributed by atoms with van der Waals surface area (Å²) in [5, 5.41) is 0. The first-order valence-electron chi connectivity index (χ1n) is 11.2. The van der Waals surface area contributed by atoms with Crippen molar-refractivity contribution < 1.29 is 23.8 Å². The van der Waals surface area contributed by atoms with Crippen LogP contribution in [0.5, 0.6) is 11.5 Å². The second-order valence-electron chi connectivity index (χ2n) is 8.17. The van der Waals surface area contributed by atoms with Crippen molar-refractivity contribution in [3.63, 3.8) is 0 Å². The summed E-state index contributed by atoms with van der Waals surface area (Å²) in [5.74, 6) is 0.248. The fraction of sp³-hybridized carbons (Fsp3) is 0.172. The van der Waals surface area contributed by atoms with Crippen LogP contribution in [0.25, 0.3) is 6.08 Å². The molecule has 0 saturated heterocycles. The Morgan fingerprint density at radius 3 is 2.37 bits per heavy atom. The summed E-state index contributed by atoms with van der Waals surface area (Å²) >= 11 is 0. The number of carbonyl (C=O) groups excluding carboxylic acids is 2. The quantitative estimate of drug-likeness (QED) is 0.340. The Kier molecular flexibility index (Phi) is 7.01. The van der Waals surface area contributed by atoms with Gasteiger partial charge in [-0.2, -0.15) is 0 Å². The molecule has 6 nitrogen and oxygen atoms in total. The molecule has 3 aromatic carbocycles. The first-order chi connectivity index (χ1) is 16.9. The molecule has 1 aliphatic heterocycles. The van der Waals surface area contributed by atoms with Crippen LogP contribution in [0.1, 0.15) is 23.6 Å². The van der Waals surface area contributed by atoms with E-state index in [1.807, 2.05) is 67.6 Å². The zero-order valence-corrected chi connectivity index (χ0v) is 20.2. The number of benzene rings is 3. The molecule has 0 aromatic heterocycles. The smallest absolute Gasteiger partial charge is 0.340 e. The van der Waals surface area contributed by atoms with E-state index in [0.29, 0.717) is 35.1 Å². The largest absolute Gasteiger partial charge is 0.493 e.